The Balaban J connectivity index is 1.83. The fourth-order valence-corrected chi connectivity index (χ4v) is 2.89. The SMILES string of the molecule is [B]CCc1ccc(OC2CN(CCC(=O)NCCCO)C2)c(C(=O)O)c1O. The van der Waals surface area contributed by atoms with Crippen LogP contribution in [0.2, 0.25) is 6.32 Å². The van der Waals surface area contributed by atoms with Crippen LogP contribution in [0, 0.1) is 0 Å². The smallest absolute Gasteiger partial charge is 0.343 e. The monoisotopic (exact) mass is 376 g/mol. The second-order valence-electron chi connectivity index (χ2n) is 6.47. The predicted octanol–water partition coefficient (Wildman–Crippen LogP) is 0.171. The molecule has 1 amide bonds. The van der Waals surface area contributed by atoms with Gasteiger partial charge in [0.25, 0.3) is 0 Å². The van der Waals surface area contributed by atoms with Gasteiger partial charge < -0.3 is 25.4 Å². The summed E-state index contributed by atoms with van der Waals surface area (Å²) in [6.07, 6.45) is 1.38. The van der Waals surface area contributed by atoms with Gasteiger partial charge in [0.1, 0.15) is 23.2 Å². The van der Waals surface area contributed by atoms with Crippen LogP contribution < -0.4 is 10.1 Å². The van der Waals surface area contributed by atoms with Crippen LogP contribution in [0.25, 0.3) is 0 Å². The van der Waals surface area contributed by atoms with Crippen LogP contribution in [0.15, 0.2) is 12.1 Å². The number of aromatic hydroxyl groups is 1. The minimum atomic E-state index is -1.25. The van der Waals surface area contributed by atoms with Gasteiger partial charge in [0.15, 0.2) is 0 Å². The third-order valence-corrected chi connectivity index (χ3v) is 4.38. The maximum absolute atomic E-state index is 11.6. The molecule has 1 aromatic rings. The Kier molecular flexibility index (Phi) is 7.93. The number of nitrogens with one attached hydrogen (secondary N) is 1. The van der Waals surface area contributed by atoms with Crippen molar-refractivity contribution in [1.29, 1.82) is 0 Å². The summed E-state index contributed by atoms with van der Waals surface area (Å²) in [7, 11) is 5.47. The first-order valence-corrected chi connectivity index (χ1v) is 9.01. The lowest BCUT2D eigenvalue weighted by atomic mass is 9.95. The van der Waals surface area contributed by atoms with E-state index in [1.165, 1.54) is 0 Å². The molecule has 0 spiro atoms. The van der Waals surface area contributed by atoms with Crippen LogP contribution in [0.5, 0.6) is 11.5 Å². The Labute approximate surface area is 159 Å². The van der Waals surface area contributed by atoms with Crippen LogP contribution in [0.3, 0.4) is 0 Å². The molecule has 1 aliphatic rings. The van der Waals surface area contributed by atoms with Gasteiger partial charge in [-0.2, -0.15) is 0 Å². The van der Waals surface area contributed by atoms with Gasteiger partial charge in [-0.05, 0) is 24.5 Å². The topological polar surface area (TPSA) is 119 Å². The molecule has 1 fully saturated rings. The van der Waals surface area contributed by atoms with Gasteiger partial charge in [0, 0.05) is 39.2 Å². The molecule has 146 valence electrons. The van der Waals surface area contributed by atoms with Crippen LogP contribution in [0.1, 0.15) is 28.8 Å². The highest BCUT2D eigenvalue weighted by atomic mass is 16.5. The molecule has 1 saturated heterocycles. The molecule has 0 atom stereocenters. The molecule has 8 nitrogen and oxygen atoms in total. The average molecular weight is 376 g/mol. The van der Waals surface area contributed by atoms with Gasteiger partial charge in [-0.15, -0.1) is 0 Å². The number of carboxylic acids is 1. The average Bonchev–Trinajstić information content (AvgIpc) is 2.59. The number of ether oxygens (including phenoxy) is 1. The fraction of sp³-hybridized carbons (Fsp3) is 0.556. The number of amides is 1. The van der Waals surface area contributed by atoms with Crippen molar-refractivity contribution in [3.63, 3.8) is 0 Å². The lowest BCUT2D eigenvalue weighted by molar-refractivity contribution is -0.122. The number of nitrogens with zero attached hydrogens (tertiary/aromatic N) is 1. The van der Waals surface area contributed by atoms with Gasteiger partial charge in [0.2, 0.25) is 5.91 Å². The number of rotatable bonds is 11. The molecule has 4 N–H and O–H groups in total. The third kappa shape index (κ3) is 5.87. The highest BCUT2D eigenvalue weighted by Crippen LogP contribution is 2.33. The number of carbonyl (C=O) groups excluding carboxylic acids is 1. The minimum Gasteiger partial charge on any atom is -0.507 e. The summed E-state index contributed by atoms with van der Waals surface area (Å²) in [4.78, 5) is 25.1. The van der Waals surface area contributed by atoms with Gasteiger partial charge in [-0.1, -0.05) is 12.4 Å². The number of aromatic carboxylic acids is 1. The Bertz CT molecular complexity index is 663. The Morgan fingerprint density at radius 3 is 2.70 bits per heavy atom. The van der Waals surface area contributed by atoms with E-state index >= 15 is 0 Å². The largest absolute Gasteiger partial charge is 0.507 e. The van der Waals surface area contributed by atoms with E-state index in [1.807, 2.05) is 4.90 Å². The molecule has 9 heteroatoms. The van der Waals surface area contributed by atoms with Crippen molar-refractivity contribution in [1.82, 2.24) is 10.2 Å². The number of likely N-dealkylation sites (tertiary alicyclic amines) is 1. The van der Waals surface area contributed by atoms with Crippen LogP contribution in [0.4, 0.5) is 0 Å². The van der Waals surface area contributed by atoms with E-state index < -0.39 is 5.97 Å². The molecule has 0 saturated carbocycles. The number of benzene rings is 1. The number of phenols is 1. The van der Waals surface area contributed by atoms with E-state index in [2.05, 4.69) is 5.32 Å². The van der Waals surface area contributed by atoms with E-state index in [4.69, 9.17) is 17.7 Å². The van der Waals surface area contributed by atoms with Crippen LogP contribution >= 0.6 is 0 Å². The van der Waals surface area contributed by atoms with Crippen molar-refractivity contribution < 1.29 is 29.6 Å². The summed E-state index contributed by atoms with van der Waals surface area (Å²) in [6.45, 7) is 2.25. The first kappa shape index (κ1) is 21.0. The van der Waals surface area contributed by atoms with Crippen molar-refractivity contribution in [3.05, 3.63) is 23.3 Å². The maximum Gasteiger partial charge on any atom is 0.343 e. The van der Waals surface area contributed by atoms with Gasteiger partial charge >= 0.3 is 5.97 Å². The highest BCUT2D eigenvalue weighted by molar-refractivity contribution is 6.08. The second-order valence-corrected chi connectivity index (χ2v) is 6.47. The van der Waals surface area contributed by atoms with Crippen molar-refractivity contribution in [2.24, 2.45) is 0 Å². The molecule has 0 bridgehead atoms. The summed E-state index contributed by atoms with van der Waals surface area (Å²) in [5, 5.41) is 31.0. The molecule has 1 aliphatic heterocycles. The molecule has 2 rings (SSSR count). The lowest BCUT2D eigenvalue weighted by Crippen LogP contribution is -2.54. The van der Waals surface area contributed by atoms with E-state index in [0.29, 0.717) is 57.3 Å². The first-order valence-electron chi connectivity index (χ1n) is 9.01. The first-order chi connectivity index (χ1) is 13.0. The normalized spacial score (nSPS) is 14.6. The fourth-order valence-electron chi connectivity index (χ4n) is 2.89. The molecule has 27 heavy (non-hydrogen) atoms. The van der Waals surface area contributed by atoms with Gasteiger partial charge in [-0.25, -0.2) is 4.79 Å². The minimum absolute atomic E-state index is 0.0481. The number of aliphatic hydroxyl groups is 1. The third-order valence-electron chi connectivity index (χ3n) is 4.38. The van der Waals surface area contributed by atoms with Crippen LogP contribution in [-0.2, 0) is 11.2 Å². The molecule has 0 unspecified atom stereocenters. The second kappa shape index (κ2) is 10.2. The number of aliphatic hydroxyl groups excluding tert-OH is 1. The highest BCUT2D eigenvalue weighted by Gasteiger charge is 2.30. The molecule has 1 aromatic carbocycles. The number of hydrogen-bond donors (Lipinski definition) is 4. The molecule has 1 heterocycles. The van der Waals surface area contributed by atoms with Crippen molar-refractivity contribution in [2.45, 2.75) is 31.7 Å². The standard InChI is InChI=1S/C18H25BN2O6/c19-6-4-12-2-3-14(16(17(12)24)18(25)26)27-13-10-21(11-13)8-5-15(23)20-7-1-9-22/h2-3,13,22,24H,1,4-11H2,(H,20,23)(H,25,26). The predicted molar refractivity (Wildman–Crippen MR) is 99.5 cm³/mol. The maximum atomic E-state index is 11.6. The Morgan fingerprint density at radius 1 is 1.33 bits per heavy atom. The number of carbonyl (C=O) groups is 2. The number of carboxylic acid groups (broad SMARTS) is 1. The van der Waals surface area contributed by atoms with Gasteiger partial charge in [-0.3, -0.25) is 9.69 Å². The quantitative estimate of drug-likeness (QED) is 0.321. The molecule has 0 aliphatic carbocycles. The number of aryl methyl sites for hydroxylation is 1. The summed E-state index contributed by atoms with van der Waals surface area (Å²) >= 11 is 0. The van der Waals surface area contributed by atoms with Gasteiger partial charge in [0.05, 0.1) is 7.85 Å². The number of hydrogen-bond acceptors (Lipinski definition) is 6. The van der Waals surface area contributed by atoms with Crippen molar-refractivity contribution in [3.8, 4) is 11.5 Å². The Morgan fingerprint density at radius 2 is 2.07 bits per heavy atom. The zero-order valence-electron chi connectivity index (χ0n) is 15.2. The summed E-state index contributed by atoms with van der Waals surface area (Å²) < 4.78 is 5.73. The summed E-state index contributed by atoms with van der Waals surface area (Å²) in [5.41, 5.74) is 0.229. The molecular formula is C18H25BN2O6. The molecule has 0 aromatic heterocycles. The van der Waals surface area contributed by atoms with E-state index in [0.717, 1.165) is 0 Å². The van der Waals surface area contributed by atoms with E-state index in [1.54, 1.807) is 12.1 Å². The zero-order chi connectivity index (χ0) is 19.8. The summed E-state index contributed by atoms with van der Waals surface area (Å²) in [6, 6.07) is 3.17. The molecular weight excluding hydrogens is 351 g/mol. The summed E-state index contributed by atoms with van der Waals surface area (Å²) in [5.74, 6) is -1.49. The van der Waals surface area contributed by atoms with Crippen molar-refractivity contribution in [2.75, 3.05) is 32.8 Å². The molecule has 2 radical (unpaired) electrons. The van der Waals surface area contributed by atoms with Crippen LogP contribution in [-0.4, -0.2) is 78.8 Å². The Hall–Kier alpha value is -2.26. The zero-order valence-corrected chi connectivity index (χ0v) is 15.2. The van der Waals surface area contributed by atoms with E-state index in [-0.39, 0.29) is 35.7 Å². The van der Waals surface area contributed by atoms with Crippen molar-refractivity contribution >= 4 is 19.7 Å². The lowest BCUT2D eigenvalue weighted by Gasteiger charge is -2.39. The van der Waals surface area contributed by atoms with E-state index in [9.17, 15) is 19.8 Å².